The third kappa shape index (κ3) is 3.67. The van der Waals surface area contributed by atoms with Crippen LogP contribution in [0, 0.1) is 6.92 Å². The molecule has 1 aromatic carbocycles. The Balaban J connectivity index is 1.50. The maximum atomic E-state index is 13.4. The molecule has 1 aliphatic carbocycles. The van der Waals surface area contributed by atoms with E-state index in [2.05, 4.69) is 21.4 Å². The molecule has 3 aromatic heterocycles. The summed E-state index contributed by atoms with van der Waals surface area (Å²) in [6.45, 7) is 2.61. The van der Waals surface area contributed by atoms with Crippen molar-refractivity contribution in [2.24, 2.45) is 0 Å². The lowest BCUT2D eigenvalue weighted by Crippen LogP contribution is -2.46. The van der Waals surface area contributed by atoms with E-state index >= 15 is 0 Å². The number of aryl methyl sites for hydroxylation is 1. The van der Waals surface area contributed by atoms with Crippen molar-refractivity contribution in [2.75, 3.05) is 6.54 Å². The van der Waals surface area contributed by atoms with Crippen LogP contribution >= 0.6 is 0 Å². The van der Waals surface area contributed by atoms with Gasteiger partial charge in [-0.25, -0.2) is 4.98 Å². The zero-order valence-electron chi connectivity index (χ0n) is 17.5. The van der Waals surface area contributed by atoms with Gasteiger partial charge in [0.25, 0.3) is 5.91 Å². The second-order valence-corrected chi connectivity index (χ2v) is 8.35. The van der Waals surface area contributed by atoms with Gasteiger partial charge in [-0.15, -0.1) is 0 Å². The summed E-state index contributed by atoms with van der Waals surface area (Å²) < 4.78 is 0. The Morgan fingerprint density at radius 1 is 1.06 bits per heavy atom. The van der Waals surface area contributed by atoms with E-state index in [0.717, 1.165) is 52.7 Å². The molecule has 1 N–H and O–H groups in total. The number of hydrogen-bond acceptors (Lipinski definition) is 4. The van der Waals surface area contributed by atoms with Gasteiger partial charge in [-0.2, -0.15) is 0 Å². The zero-order valence-corrected chi connectivity index (χ0v) is 17.5. The first-order chi connectivity index (χ1) is 15.1. The first-order valence-corrected chi connectivity index (χ1v) is 10.7. The molecule has 0 aliphatic heterocycles. The average molecular weight is 409 g/mol. The summed E-state index contributed by atoms with van der Waals surface area (Å²) in [4.78, 5) is 27.0. The van der Waals surface area contributed by atoms with Gasteiger partial charge in [0.15, 0.2) is 0 Å². The largest absolute Gasteiger partial charge is 0.351 e. The fourth-order valence-electron chi connectivity index (χ4n) is 4.34. The smallest absolute Gasteiger partial charge is 0.252 e. The Hall–Kier alpha value is -3.60. The van der Waals surface area contributed by atoms with Crippen molar-refractivity contribution >= 4 is 16.8 Å². The molecule has 1 fully saturated rings. The number of hydrogen-bond donors (Lipinski definition) is 1. The molecular formula is C26H24N4O. The first kappa shape index (κ1) is 19.4. The SMILES string of the molecule is Cc1ccc2nc(-c3cccnc3)cc(C(=O)NCC3(c4ccccn4)CCC3)c2c1. The van der Waals surface area contributed by atoms with Crippen molar-refractivity contribution in [3.8, 4) is 11.3 Å². The number of benzene rings is 1. The van der Waals surface area contributed by atoms with Gasteiger partial charge >= 0.3 is 0 Å². The van der Waals surface area contributed by atoms with Gasteiger partial charge in [0.2, 0.25) is 0 Å². The predicted molar refractivity (Wildman–Crippen MR) is 122 cm³/mol. The Morgan fingerprint density at radius 2 is 1.97 bits per heavy atom. The van der Waals surface area contributed by atoms with E-state index in [0.29, 0.717) is 12.1 Å². The molecule has 0 bridgehead atoms. The minimum absolute atomic E-state index is 0.0676. The number of pyridine rings is 3. The lowest BCUT2D eigenvalue weighted by molar-refractivity contribution is 0.0928. The molecule has 0 spiro atoms. The second-order valence-electron chi connectivity index (χ2n) is 8.35. The van der Waals surface area contributed by atoms with Gasteiger partial charge in [0.1, 0.15) is 0 Å². The Kier molecular flexibility index (Phi) is 4.94. The molecule has 1 amide bonds. The normalized spacial score (nSPS) is 14.7. The number of amides is 1. The molecule has 31 heavy (non-hydrogen) atoms. The highest BCUT2D eigenvalue weighted by Gasteiger charge is 2.40. The first-order valence-electron chi connectivity index (χ1n) is 10.7. The fourth-order valence-corrected chi connectivity index (χ4v) is 4.34. The summed E-state index contributed by atoms with van der Waals surface area (Å²) in [5, 5.41) is 4.07. The number of carbonyl (C=O) groups excluding carboxylic acids is 1. The molecule has 0 unspecified atom stereocenters. The standard InChI is InChI=1S/C26H24N4O/c1-18-8-9-22-20(14-18)21(15-23(30-22)19-6-4-12-27-16-19)25(31)29-17-26(10-5-11-26)24-7-2-3-13-28-24/h2-4,6-9,12-16H,5,10-11,17H2,1H3,(H,29,31). The molecule has 0 saturated heterocycles. The van der Waals surface area contributed by atoms with E-state index in [1.807, 2.05) is 61.7 Å². The number of nitrogens with one attached hydrogen (secondary N) is 1. The van der Waals surface area contributed by atoms with Gasteiger partial charge < -0.3 is 5.32 Å². The van der Waals surface area contributed by atoms with Crippen LogP contribution in [0.4, 0.5) is 0 Å². The number of aromatic nitrogens is 3. The van der Waals surface area contributed by atoms with Crippen molar-refractivity contribution in [3.63, 3.8) is 0 Å². The van der Waals surface area contributed by atoms with Crippen molar-refractivity contribution < 1.29 is 4.79 Å². The Morgan fingerprint density at radius 3 is 2.68 bits per heavy atom. The summed E-state index contributed by atoms with van der Waals surface area (Å²) in [6.07, 6.45) is 8.58. The molecule has 154 valence electrons. The van der Waals surface area contributed by atoms with Gasteiger partial charge in [0.05, 0.1) is 16.8 Å². The van der Waals surface area contributed by atoms with Crippen LogP contribution in [0.2, 0.25) is 0 Å². The molecule has 0 radical (unpaired) electrons. The third-order valence-electron chi connectivity index (χ3n) is 6.27. The summed E-state index contributed by atoms with van der Waals surface area (Å²) in [7, 11) is 0. The highest BCUT2D eigenvalue weighted by Crippen LogP contribution is 2.42. The van der Waals surface area contributed by atoms with Crippen LogP contribution in [0.1, 0.15) is 40.9 Å². The summed E-state index contributed by atoms with van der Waals surface area (Å²) in [6, 6.07) is 17.8. The van der Waals surface area contributed by atoms with E-state index < -0.39 is 0 Å². The van der Waals surface area contributed by atoms with E-state index in [-0.39, 0.29) is 11.3 Å². The third-order valence-corrected chi connectivity index (χ3v) is 6.27. The molecule has 1 aliphatic rings. The van der Waals surface area contributed by atoms with Crippen molar-refractivity contribution in [1.29, 1.82) is 0 Å². The number of fused-ring (bicyclic) bond motifs is 1. The monoisotopic (exact) mass is 408 g/mol. The van der Waals surface area contributed by atoms with Crippen molar-refractivity contribution in [2.45, 2.75) is 31.6 Å². The van der Waals surface area contributed by atoms with Crippen LogP contribution in [0.25, 0.3) is 22.2 Å². The molecule has 4 aromatic rings. The molecule has 1 saturated carbocycles. The number of carbonyl (C=O) groups is 1. The van der Waals surface area contributed by atoms with Gasteiger partial charge in [-0.1, -0.05) is 24.1 Å². The zero-order chi connectivity index (χ0) is 21.3. The van der Waals surface area contributed by atoms with E-state index in [4.69, 9.17) is 4.98 Å². The second kappa shape index (κ2) is 7.91. The maximum Gasteiger partial charge on any atom is 0.252 e. The lowest BCUT2D eigenvalue weighted by atomic mass is 9.66. The highest BCUT2D eigenvalue weighted by molar-refractivity contribution is 6.07. The molecule has 0 atom stereocenters. The maximum absolute atomic E-state index is 13.4. The van der Waals surface area contributed by atoms with E-state index in [1.54, 1.807) is 12.4 Å². The highest BCUT2D eigenvalue weighted by atomic mass is 16.1. The topological polar surface area (TPSA) is 67.8 Å². The van der Waals surface area contributed by atoms with Crippen LogP contribution in [0.3, 0.4) is 0 Å². The van der Waals surface area contributed by atoms with Crippen LogP contribution in [-0.2, 0) is 5.41 Å². The van der Waals surface area contributed by atoms with Gasteiger partial charge in [0, 0.05) is 47.2 Å². The molecule has 5 nitrogen and oxygen atoms in total. The lowest BCUT2D eigenvalue weighted by Gasteiger charge is -2.41. The van der Waals surface area contributed by atoms with E-state index in [9.17, 15) is 4.79 Å². The van der Waals surface area contributed by atoms with Crippen LogP contribution in [0.15, 0.2) is 73.2 Å². The van der Waals surface area contributed by atoms with E-state index in [1.165, 1.54) is 0 Å². The molecule has 5 rings (SSSR count). The number of nitrogens with zero attached hydrogens (tertiary/aromatic N) is 3. The van der Waals surface area contributed by atoms with Gasteiger partial charge in [-0.05, 0) is 62.2 Å². The van der Waals surface area contributed by atoms with Crippen LogP contribution in [-0.4, -0.2) is 27.4 Å². The fraction of sp³-hybridized carbons (Fsp3) is 0.231. The Bertz CT molecular complexity index is 1230. The summed E-state index contributed by atoms with van der Waals surface area (Å²) in [5.74, 6) is -0.0784. The average Bonchev–Trinajstić information content (AvgIpc) is 2.79. The Labute approximate surface area is 181 Å². The van der Waals surface area contributed by atoms with Crippen molar-refractivity contribution in [1.82, 2.24) is 20.3 Å². The molecular weight excluding hydrogens is 384 g/mol. The summed E-state index contributed by atoms with van der Waals surface area (Å²) >= 11 is 0. The van der Waals surface area contributed by atoms with Crippen molar-refractivity contribution in [3.05, 3.63) is 90.0 Å². The minimum atomic E-state index is -0.0784. The minimum Gasteiger partial charge on any atom is -0.351 e. The van der Waals surface area contributed by atoms with Gasteiger partial charge in [-0.3, -0.25) is 14.8 Å². The quantitative estimate of drug-likeness (QED) is 0.512. The molecule has 5 heteroatoms. The van der Waals surface area contributed by atoms with Crippen LogP contribution in [0.5, 0.6) is 0 Å². The number of rotatable bonds is 5. The summed E-state index contributed by atoms with van der Waals surface area (Å²) in [5.41, 5.74) is 5.18. The molecule has 3 heterocycles. The van der Waals surface area contributed by atoms with Crippen LogP contribution < -0.4 is 5.32 Å². The predicted octanol–water partition coefficient (Wildman–Crippen LogP) is 4.85.